The summed E-state index contributed by atoms with van der Waals surface area (Å²) >= 11 is 5.33. The fourth-order valence-electron chi connectivity index (χ4n) is 0.401. The molecule has 0 amide bonds. The van der Waals surface area contributed by atoms with Crippen molar-refractivity contribution in [3.8, 4) is 0 Å². The number of rotatable bonds is 0. The van der Waals surface area contributed by atoms with Crippen LogP contribution in [0.4, 0.5) is 0 Å². The molecule has 0 spiro atoms. The molecule has 1 rings (SSSR count). The molecule has 0 saturated carbocycles. The standard InChI is InChI=1S/C4H3ClN2O2.2H2N.H2O.Pt/c5-2-1-6-4(9)7-3(2)8;;;;/h1H,(H2,6,7,8,9);3*1H2;/q;2*-1;;+2. The Morgan fingerprint density at radius 1 is 1.38 bits per heavy atom. The number of hydrogen-bond acceptors (Lipinski definition) is 2. The van der Waals surface area contributed by atoms with E-state index in [-0.39, 0.29) is 49.4 Å². The average molecular weight is 392 g/mol. The topological polar surface area (TPSA) is 167 Å². The van der Waals surface area contributed by atoms with Gasteiger partial charge < -0.3 is 22.8 Å². The minimum absolute atomic E-state index is 0. The van der Waals surface area contributed by atoms with Crippen molar-refractivity contribution in [2.75, 3.05) is 0 Å². The van der Waals surface area contributed by atoms with Gasteiger partial charge in [0.2, 0.25) is 0 Å². The van der Waals surface area contributed by atoms with Crippen LogP contribution in [0, 0.1) is 0 Å². The molecular weight excluding hydrogens is 383 g/mol. The van der Waals surface area contributed by atoms with E-state index in [2.05, 4.69) is 9.97 Å². The Morgan fingerprint density at radius 2 is 1.85 bits per heavy atom. The van der Waals surface area contributed by atoms with Crippen molar-refractivity contribution in [3.63, 3.8) is 0 Å². The minimum atomic E-state index is -0.489. The number of nitrogens with two attached hydrogens (primary N) is 2. The number of nitrogens with one attached hydrogen (secondary N) is 2. The average Bonchev–Trinajstić information content (AvgIpc) is 1.80. The number of hydrogen-bond donors (Lipinski definition) is 2. The van der Waals surface area contributed by atoms with E-state index >= 15 is 0 Å². The Morgan fingerprint density at radius 3 is 2.15 bits per heavy atom. The maximum Gasteiger partial charge on any atom is 2.00 e. The maximum atomic E-state index is 10.3. The molecule has 0 fully saturated rings. The Bertz CT molecular complexity index is 324. The zero-order valence-electron chi connectivity index (χ0n) is 6.23. The number of aromatic amines is 2. The molecule has 1 heterocycles. The first-order chi connectivity index (χ1) is 4.20. The van der Waals surface area contributed by atoms with E-state index in [4.69, 9.17) is 16.4 Å². The van der Waals surface area contributed by atoms with Crippen molar-refractivity contribution >= 4 is 11.6 Å². The molecule has 0 aliphatic rings. The molecule has 1 aromatic rings. The van der Waals surface area contributed by atoms with Crippen LogP contribution in [0.2, 0.25) is 5.02 Å². The van der Waals surface area contributed by atoms with Crippen LogP contribution in [0.25, 0.3) is 12.3 Å². The molecule has 0 bridgehead atoms. The van der Waals surface area contributed by atoms with Gasteiger partial charge in [-0.2, -0.15) is 0 Å². The van der Waals surface area contributed by atoms with Crippen LogP contribution in [0.3, 0.4) is 0 Å². The third-order valence-electron chi connectivity index (χ3n) is 0.788. The SMILES string of the molecule is O=c1[nH]cc(Cl)c(=[OH+])[nH]1.[NH2-].[NH2-].[OH-].[Pt+2]. The summed E-state index contributed by atoms with van der Waals surface area (Å²) in [5.41, 5.74) is -0.808. The molecule has 0 unspecified atom stereocenters. The monoisotopic (exact) mass is 391 g/mol. The molecule has 80 valence electrons. The van der Waals surface area contributed by atoms with Crippen LogP contribution in [0.15, 0.2) is 11.0 Å². The molecule has 1 aromatic heterocycles. The van der Waals surface area contributed by atoms with Crippen molar-refractivity contribution in [1.82, 2.24) is 9.97 Å². The summed E-state index contributed by atoms with van der Waals surface area (Å²) in [6.45, 7) is 0. The molecule has 0 aromatic carbocycles. The molecule has 0 saturated heterocycles. The van der Waals surface area contributed by atoms with E-state index in [1.165, 1.54) is 6.20 Å². The summed E-state index contributed by atoms with van der Waals surface area (Å²) in [6.07, 6.45) is 1.20. The van der Waals surface area contributed by atoms with Crippen LogP contribution < -0.4 is 11.2 Å². The Hall–Kier alpha value is -0.462. The van der Waals surface area contributed by atoms with Crippen molar-refractivity contribution in [2.45, 2.75) is 0 Å². The fraction of sp³-hybridized carbons (Fsp3) is 0. The molecule has 8 N–H and O–H groups in total. The van der Waals surface area contributed by atoms with Crippen molar-refractivity contribution in [1.29, 1.82) is 0 Å². The molecular formula is C4H9ClN4O3Pt. The van der Waals surface area contributed by atoms with Gasteiger partial charge in [-0.1, -0.05) is 11.6 Å². The third kappa shape index (κ3) is 6.68. The zero-order valence-corrected chi connectivity index (χ0v) is 9.26. The number of aromatic nitrogens is 2. The smallest absolute Gasteiger partial charge is 0.870 e. The fourth-order valence-corrected chi connectivity index (χ4v) is 0.502. The third-order valence-corrected chi connectivity index (χ3v) is 1.08. The van der Waals surface area contributed by atoms with Crippen LogP contribution in [-0.2, 0) is 21.1 Å². The van der Waals surface area contributed by atoms with E-state index in [1.807, 2.05) is 0 Å². The summed E-state index contributed by atoms with van der Waals surface area (Å²) in [5.74, 6) is 0. The van der Waals surface area contributed by atoms with Crippen molar-refractivity contribution in [3.05, 3.63) is 39.6 Å². The van der Waals surface area contributed by atoms with Crippen LogP contribution >= 0.6 is 11.6 Å². The van der Waals surface area contributed by atoms with Crippen molar-refractivity contribution < 1.29 is 31.3 Å². The van der Waals surface area contributed by atoms with Gasteiger partial charge in [-0.15, -0.1) is 0 Å². The van der Waals surface area contributed by atoms with Crippen LogP contribution in [-0.4, -0.2) is 20.2 Å². The van der Waals surface area contributed by atoms with Gasteiger partial charge in [0, 0.05) is 6.20 Å². The van der Waals surface area contributed by atoms with E-state index in [1.54, 1.807) is 0 Å². The Balaban J connectivity index is -0.000000101. The molecule has 0 radical (unpaired) electrons. The van der Waals surface area contributed by atoms with Gasteiger partial charge in [-0.05, 0) is 0 Å². The summed E-state index contributed by atoms with van der Waals surface area (Å²) in [5, 5.41) is 0.0922. The summed E-state index contributed by atoms with van der Waals surface area (Å²) in [6, 6.07) is 0. The number of H-pyrrole nitrogens is 2. The zero-order chi connectivity index (χ0) is 6.85. The van der Waals surface area contributed by atoms with Gasteiger partial charge in [-0.3, -0.25) is 4.79 Å². The van der Waals surface area contributed by atoms with E-state index in [9.17, 15) is 4.79 Å². The van der Waals surface area contributed by atoms with E-state index < -0.39 is 5.69 Å². The van der Waals surface area contributed by atoms with Crippen LogP contribution in [0.1, 0.15) is 0 Å². The number of halogens is 1. The van der Waals surface area contributed by atoms with Gasteiger partial charge in [0.05, 0.1) is 0 Å². The summed E-state index contributed by atoms with van der Waals surface area (Å²) in [7, 11) is 0. The Kier molecular flexibility index (Phi) is 17.0. The largest absolute Gasteiger partial charge is 2.00 e. The van der Waals surface area contributed by atoms with Gasteiger partial charge in [0.15, 0.2) is 5.02 Å². The summed E-state index contributed by atoms with van der Waals surface area (Å²) < 4.78 is 0. The molecule has 13 heavy (non-hydrogen) atoms. The normalized spacial score (nSPS) is 6.54. The van der Waals surface area contributed by atoms with Crippen LogP contribution in [0.5, 0.6) is 0 Å². The van der Waals surface area contributed by atoms with Gasteiger partial charge in [-0.25, -0.2) is 9.78 Å². The molecule has 0 aliphatic carbocycles. The second kappa shape index (κ2) is 9.62. The summed E-state index contributed by atoms with van der Waals surface area (Å²) in [4.78, 5) is 23.3. The van der Waals surface area contributed by atoms with Crippen molar-refractivity contribution in [2.24, 2.45) is 0 Å². The second-order valence-electron chi connectivity index (χ2n) is 1.44. The van der Waals surface area contributed by atoms with Gasteiger partial charge in [0.25, 0.3) is 0 Å². The first kappa shape index (κ1) is 22.9. The quantitative estimate of drug-likeness (QED) is 0.619. The van der Waals surface area contributed by atoms with E-state index in [0.717, 1.165) is 0 Å². The molecule has 0 aliphatic heterocycles. The van der Waals surface area contributed by atoms with E-state index in [0.29, 0.717) is 0 Å². The van der Waals surface area contributed by atoms with Gasteiger partial charge in [0.1, 0.15) is 0 Å². The predicted molar refractivity (Wildman–Crippen MR) is 44.0 cm³/mol. The maximum absolute atomic E-state index is 10.3. The second-order valence-corrected chi connectivity index (χ2v) is 1.85. The predicted octanol–water partition coefficient (Wildman–Crippen LogP) is 0.616. The minimum Gasteiger partial charge on any atom is -0.870 e. The first-order valence-electron chi connectivity index (χ1n) is 2.19. The molecule has 9 heteroatoms. The Labute approximate surface area is 92.6 Å². The van der Waals surface area contributed by atoms with Gasteiger partial charge >= 0.3 is 32.3 Å². The first-order valence-corrected chi connectivity index (χ1v) is 2.57. The molecule has 0 atom stereocenters. The molecule has 7 nitrogen and oxygen atoms in total.